The standard InChI is InChI=1S/C12H23N3O3S/c1-9-13-11(8-15(9)5)19(17,18)14-10(6-7-16)12(2,3)4/h8,10,14,16H,6-7H2,1-5H3. The molecule has 0 spiro atoms. The molecule has 1 rings (SSSR count). The number of hydrogen-bond acceptors (Lipinski definition) is 4. The second-order valence-electron chi connectivity index (χ2n) is 5.79. The molecule has 2 N–H and O–H groups in total. The molecule has 110 valence electrons. The molecule has 0 saturated carbocycles. The number of sulfonamides is 1. The molecular formula is C12H23N3O3S. The molecular weight excluding hydrogens is 266 g/mol. The number of aromatic nitrogens is 2. The van der Waals surface area contributed by atoms with Gasteiger partial charge in [-0.15, -0.1) is 0 Å². The summed E-state index contributed by atoms with van der Waals surface area (Å²) in [4.78, 5) is 4.03. The minimum atomic E-state index is -3.66. The first-order valence-electron chi connectivity index (χ1n) is 6.21. The summed E-state index contributed by atoms with van der Waals surface area (Å²) >= 11 is 0. The summed E-state index contributed by atoms with van der Waals surface area (Å²) in [6, 6.07) is -0.343. The van der Waals surface area contributed by atoms with Crippen molar-refractivity contribution in [3.8, 4) is 0 Å². The molecule has 19 heavy (non-hydrogen) atoms. The Bertz CT molecular complexity index is 509. The van der Waals surface area contributed by atoms with Crippen LogP contribution in [0.3, 0.4) is 0 Å². The van der Waals surface area contributed by atoms with E-state index in [2.05, 4.69) is 9.71 Å². The first-order valence-corrected chi connectivity index (χ1v) is 7.69. The van der Waals surface area contributed by atoms with E-state index in [1.165, 1.54) is 6.20 Å². The van der Waals surface area contributed by atoms with E-state index in [1.54, 1.807) is 18.5 Å². The van der Waals surface area contributed by atoms with E-state index in [9.17, 15) is 8.42 Å². The lowest BCUT2D eigenvalue weighted by Crippen LogP contribution is -2.44. The maximum Gasteiger partial charge on any atom is 0.259 e. The van der Waals surface area contributed by atoms with Crippen LogP contribution < -0.4 is 4.72 Å². The third kappa shape index (κ3) is 4.02. The van der Waals surface area contributed by atoms with Gasteiger partial charge in [0.1, 0.15) is 5.82 Å². The summed E-state index contributed by atoms with van der Waals surface area (Å²) in [6.45, 7) is 7.47. The molecule has 0 aliphatic heterocycles. The number of aliphatic hydroxyl groups excluding tert-OH is 1. The fourth-order valence-electron chi connectivity index (χ4n) is 1.70. The average Bonchev–Trinajstić information content (AvgIpc) is 2.58. The van der Waals surface area contributed by atoms with Crippen LogP contribution in [0, 0.1) is 12.3 Å². The zero-order valence-corrected chi connectivity index (χ0v) is 13.0. The number of imidazole rings is 1. The zero-order chi connectivity index (χ0) is 14.8. The predicted octanol–water partition coefficient (Wildman–Crippen LogP) is 0.804. The number of aliphatic hydroxyl groups is 1. The second-order valence-corrected chi connectivity index (χ2v) is 7.45. The van der Waals surface area contributed by atoms with E-state index >= 15 is 0 Å². The van der Waals surface area contributed by atoms with Gasteiger partial charge in [-0.2, -0.15) is 0 Å². The Kier molecular flexibility index (Phi) is 4.76. The SMILES string of the molecule is Cc1nc(S(=O)(=O)NC(CCO)C(C)(C)C)cn1C. The third-order valence-corrected chi connectivity index (χ3v) is 4.46. The van der Waals surface area contributed by atoms with Crippen LogP contribution in [0.5, 0.6) is 0 Å². The first-order chi connectivity index (χ1) is 8.58. The van der Waals surface area contributed by atoms with Gasteiger partial charge >= 0.3 is 0 Å². The van der Waals surface area contributed by atoms with Crippen LogP contribution in [0.4, 0.5) is 0 Å². The van der Waals surface area contributed by atoms with Crippen LogP contribution in [0.2, 0.25) is 0 Å². The Balaban J connectivity index is 3.00. The van der Waals surface area contributed by atoms with Crippen molar-refractivity contribution < 1.29 is 13.5 Å². The quantitative estimate of drug-likeness (QED) is 0.840. The van der Waals surface area contributed by atoms with Gasteiger partial charge in [-0.1, -0.05) is 20.8 Å². The lowest BCUT2D eigenvalue weighted by molar-refractivity contribution is 0.214. The van der Waals surface area contributed by atoms with Crippen molar-refractivity contribution in [1.82, 2.24) is 14.3 Å². The van der Waals surface area contributed by atoms with Crippen LogP contribution in [0.1, 0.15) is 33.0 Å². The van der Waals surface area contributed by atoms with Crippen LogP contribution in [-0.4, -0.2) is 35.7 Å². The van der Waals surface area contributed by atoms with Gasteiger partial charge in [-0.3, -0.25) is 0 Å². The molecule has 1 aromatic rings. The van der Waals surface area contributed by atoms with Gasteiger partial charge < -0.3 is 9.67 Å². The predicted molar refractivity (Wildman–Crippen MR) is 73.2 cm³/mol. The van der Waals surface area contributed by atoms with Crippen molar-refractivity contribution in [1.29, 1.82) is 0 Å². The minimum Gasteiger partial charge on any atom is -0.396 e. The Morgan fingerprint density at radius 1 is 1.47 bits per heavy atom. The number of rotatable bonds is 5. The molecule has 0 fully saturated rings. The van der Waals surface area contributed by atoms with E-state index in [4.69, 9.17) is 5.11 Å². The van der Waals surface area contributed by atoms with Crippen molar-refractivity contribution >= 4 is 10.0 Å². The fraction of sp³-hybridized carbons (Fsp3) is 0.750. The molecule has 0 aliphatic rings. The van der Waals surface area contributed by atoms with Crippen LogP contribution >= 0.6 is 0 Å². The monoisotopic (exact) mass is 289 g/mol. The van der Waals surface area contributed by atoms with Crippen molar-refractivity contribution in [3.05, 3.63) is 12.0 Å². The van der Waals surface area contributed by atoms with Gasteiger partial charge in [0.2, 0.25) is 0 Å². The molecule has 0 saturated heterocycles. The van der Waals surface area contributed by atoms with Crippen molar-refractivity contribution in [3.63, 3.8) is 0 Å². The maximum atomic E-state index is 12.3. The molecule has 0 radical (unpaired) electrons. The summed E-state index contributed by atoms with van der Waals surface area (Å²) in [5.74, 6) is 0.634. The minimum absolute atomic E-state index is 0.0136. The molecule has 6 nitrogen and oxygen atoms in total. The van der Waals surface area contributed by atoms with Crippen LogP contribution in [0.15, 0.2) is 11.2 Å². The highest BCUT2D eigenvalue weighted by Gasteiger charge is 2.30. The molecule has 1 aromatic heterocycles. The third-order valence-electron chi connectivity index (χ3n) is 3.12. The average molecular weight is 289 g/mol. The van der Waals surface area contributed by atoms with Gasteiger partial charge in [-0.05, 0) is 18.8 Å². The highest BCUT2D eigenvalue weighted by molar-refractivity contribution is 7.89. The van der Waals surface area contributed by atoms with Gasteiger partial charge in [0.15, 0.2) is 5.03 Å². The Morgan fingerprint density at radius 2 is 2.05 bits per heavy atom. The Morgan fingerprint density at radius 3 is 2.42 bits per heavy atom. The largest absolute Gasteiger partial charge is 0.396 e. The molecule has 1 unspecified atom stereocenters. The normalized spacial score (nSPS) is 14.6. The summed E-state index contributed by atoms with van der Waals surface area (Å²) in [6.07, 6.45) is 1.85. The lowest BCUT2D eigenvalue weighted by atomic mass is 9.86. The maximum absolute atomic E-state index is 12.3. The van der Waals surface area contributed by atoms with Gasteiger partial charge in [-0.25, -0.2) is 18.1 Å². The summed E-state index contributed by atoms with van der Waals surface area (Å²) < 4.78 is 28.8. The second kappa shape index (κ2) is 5.60. The van der Waals surface area contributed by atoms with E-state index in [0.717, 1.165) is 0 Å². The lowest BCUT2D eigenvalue weighted by Gasteiger charge is -2.30. The number of nitrogens with zero attached hydrogens (tertiary/aromatic N) is 2. The number of hydrogen-bond donors (Lipinski definition) is 2. The van der Waals surface area contributed by atoms with Gasteiger partial charge in [0, 0.05) is 25.9 Å². The molecule has 1 heterocycles. The highest BCUT2D eigenvalue weighted by Crippen LogP contribution is 2.23. The van der Waals surface area contributed by atoms with Gasteiger partial charge in [0.05, 0.1) is 0 Å². The molecule has 7 heteroatoms. The zero-order valence-electron chi connectivity index (χ0n) is 12.1. The van der Waals surface area contributed by atoms with Crippen LogP contribution in [0.25, 0.3) is 0 Å². The molecule has 1 atom stereocenters. The van der Waals surface area contributed by atoms with Crippen LogP contribution in [-0.2, 0) is 17.1 Å². The van der Waals surface area contributed by atoms with E-state index in [-0.39, 0.29) is 23.1 Å². The smallest absolute Gasteiger partial charge is 0.259 e. The van der Waals surface area contributed by atoms with Crippen molar-refractivity contribution in [2.24, 2.45) is 12.5 Å². The summed E-state index contributed by atoms with van der Waals surface area (Å²) in [7, 11) is -1.91. The van der Waals surface area contributed by atoms with E-state index < -0.39 is 10.0 Å². The molecule has 0 aromatic carbocycles. The van der Waals surface area contributed by atoms with E-state index in [0.29, 0.717) is 12.2 Å². The first kappa shape index (κ1) is 16.1. The number of aryl methyl sites for hydroxylation is 2. The van der Waals surface area contributed by atoms with Crippen molar-refractivity contribution in [2.75, 3.05) is 6.61 Å². The molecule has 0 aliphatic carbocycles. The van der Waals surface area contributed by atoms with Crippen molar-refractivity contribution in [2.45, 2.75) is 45.2 Å². The Hall–Kier alpha value is -0.920. The summed E-state index contributed by atoms with van der Waals surface area (Å²) in [5.41, 5.74) is -0.278. The highest BCUT2D eigenvalue weighted by atomic mass is 32.2. The molecule has 0 amide bonds. The topological polar surface area (TPSA) is 84.2 Å². The summed E-state index contributed by atoms with van der Waals surface area (Å²) in [5, 5.41) is 9.07. The van der Waals surface area contributed by atoms with E-state index in [1.807, 2.05) is 20.8 Å². The van der Waals surface area contributed by atoms with Gasteiger partial charge in [0.25, 0.3) is 10.0 Å². The molecule has 0 bridgehead atoms. The Labute approximate surface area is 114 Å². The number of nitrogens with one attached hydrogen (secondary N) is 1. The fourth-order valence-corrected chi connectivity index (χ4v) is 3.22.